The van der Waals surface area contributed by atoms with Crippen LogP contribution >= 0.6 is 46.3 Å². The smallest absolute Gasteiger partial charge is 0.226 e. The summed E-state index contributed by atoms with van der Waals surface area (Å²) in [5.41, 5.74) is 3.11. The molecule has 0 unspecified atom stereocenters. The van der Waals surface area contributed by atoms with Crippen molar-refractivity contribution >= 4 is 52.2 Å². The minimum atomic E-state index is -0.0133. The SMILES string of the molecule is O=C(Cc1csc(SCc2cccc(Cl)c2)n1)NCCc1ccc(Cl)cc1. The lowest BCUT2D eigenvalue weighted by molar-refractivity contribution is -0.120. The summed E-state index contributed by atoms with van der Waals surface area (Å²) in [7, 11) is 0. The van der Waals surface area contributed by atoms with E-state index in [9.17, 15) is 4.79 Å². The zero-order chi connectivity index (χ0) is 19.1. The van der Waals surface area contributed by atoms with Crippen LogP contribution < -0.4 is 5.32 Å². The minimum absolute atomic E-state index is 0.0133. The van der Waals surface area contributed by atoms with Crippen molar-refractivity contribution in [3.8, 4) is 0 Å². The van der Waals surface area contributed by atoms with Crippen LogP contribution in [0.2, 0.25) is 10.0 Å². The zero-order valence-electron chi connectivity index (χ0n) is 14.5. The molecule has 0 saturated carbocycles. The van der Waals surface area contributed by atoms with Crippen molar-refractivity contribution in [1.82, 2.24) is 10.3 Å². The number of hydrogen-bond acceptors (Lipinski definition) is 4. The number of nitrogens with one attached hydrogen (secondary N) is 1. The van der Waals surface area contributed by atoms with Crippen LogP contribution in [0.5, 0.6) is 0 Å². The minimum Gasteiger partial charge on any atom is -0.355 e. The summed E-state index contributed by atoms with van der Waals surface area (Å²) in [5.74, 6) is 0.793. The third kappa shape index (κ3) is 6.85. The molecule has 3 rings (SSSR count). The Kier molecular flexibility index (Phi) is 7.59. The van der Waals surface area contributed by atoms with Gasteiger partial charge in [-0.05, 0) is 41.8 Å². The van der Waals surface area contributed by atoms with E-state index in [1.165, 1.54) is 0 Å². The van der Waals surface area contributed by atoms with Crippen LogP contribution in [0.3, 0.4) is 0 Å². The van der Waals surface area contributed by atoms with Gasteiger partial charge in [-0.1, -0.05) is 59.2 Å². The maximum Gasteiger partial charge on any atom is 0.226 e. The van der Waals surface area contributed by atoms with E-state index in [-0.39, 0.29) is 5.91 Å². The summed E-state index contributed by atoms with van der Waals surface area (Å²) in [4.78, 5) is 16.6. The van der Waals surface area contributed by atoms with Gasteiger partial charge in [0, 0.05) is 27.7 Å². The Hall–Kier alpha value is -1.53. The predicted molar refractivity (Wildman–Crippen MR) is 115 cm³/mol. The van der Waals surface area contributed by atoms with Gasteiger partial charge in [-0.2, -0.15) is 0 Å². The van der Waals surface area contributed by atoms with Crippen LogP contribution in [-0.4, -0.2) is 17.4 Å². The average Bonchev–Trinajstić information content (AvgIpc) is 3.09. The van der Waals surface area contributed by atoms with Crippen LogP contribution in [0, 0.1) is 0 Å². The van der Waals surface area contributed by atoms with Gasteiger partial charge in [0.25, 0.3) is 0 Å². The summed E-state index contributed by atoms with van der Waals surface area (Å²) < 4.78 is 0.957. The molecular formula is C20H18Cl2N2OS2. The number of halogens is 2. The third-order valence-electron chi connectivity index (χ3n) is 3.77. The molecule has 0 fully saturated rings. The number of hydrogen-bond donors (Lipinski definition) is 1. The van der Waals surface area contributed by atoms with Gasteiger partial charge < -0.3 is 5.32 Å². The molecule has 0 saturated heterocycles. The molecule has 140 valence electrons. The van der Waals surface area contributed by atoms with E-state index in [4.69, 9.17) is 23.2 Å². The first-order valence-corrected chi connectivity index (χ1v) is 11.0. The fourth-order valence-corrected chi connectivity index (χ4v) is 4.56. The number of thioether (sulfide) groups is 1. The van der Waals surface area contributed by atoms with Crippen LogP contribution in [0.15, 0.2) is 58.3 Å². The highest BCUT2D eigenvalue weighted by Crippen LogP contribution is 2.27. The Morgan fingerprint density at radius 1 is 1.07 bits per heavy atom. The van der Waals surface area contributed by atoms with Crippen LogP contribution in [0.1, 0.15) is 16.8 Å². The summed E-state index contributed by atoms with van der Waals surface area (Å²) in [6.45, 7) is 0.598. The third-order valence-corrected chi connectivity index (χ3v) is 6.40. The Bertz CT molecular complexity index is 897. The number of benzene rings is 2. The molecule has 1 heterocycles. The Morgan fingerprint density at radius 2 is 1.89 bits per heavy atom. The monoisotopic (exact) mass is 436 g/mol. The van der Waals surface area contributed by atoms with E-state index in [2.05, 4.69) is 10.3 Å². The molecule has 1 aromatic heterocycles. The summed E-state index contributed by atoms with van der Waals surface area (Å²) in [6.07, 6.45) is 1.08. The predicted octanol–water partition coefficient (Wildman–Crippen LogP) is 5.64. The second-order valence-corrected chi connectivity index (χ2v) is 8.88. The first kappa shape index (κ1) is 20.2. The van der Waals surface area contributed by atoms with Crippen LogP contribution in [-0.2, 0) is 23.4 Å². The lowest BCUT2D eigenvalue weighted by Crippen LogP contribution is -2.27. The molecule has 0 aliphatic carbocycles. The molecule has 1 amide bonds. The highest BCUT2D eigenvalue weighted by atomic mass is 35.5. The number of carbonyl (C=O) groups is 1. The molecule has 7 heteroatoms. The summed E-state index contributed by atoms with van der Waals surface area (Å²) >= 11 is 15.1. The summed E-state index contributed by atoms with van der Waals surface area (Å²) in [5, 5.41) is 6.34. The van der Waals surface area contributed by atoms with Gasteiger partial charge in [0.15, 0.2) is 0 Å². The normalized spacial score (nSPS) is 10.7. The molecule has 0 aliphatic rings. The zero-order valence-corrected chi connectivity index (χ0v) is 17.6. The largest absolute Gasteiger partial charge is 0.355 e. The van der Waals surface area contributed by atoms with Gasteiger partial charge in [0.05, 0.1) is 12.1 Å². The quantitative estimate of drug-likeness (QED) is 0.464. The highest BCUT2D eigenvalue weighted by molar-refractivity contribution is 8.00. The molecule has 0 radical (unpaired) electrons. The topological polar surface area (TPSA) is 42.0 Å². The number of aromatic nitrogens is 1. The van der Waals surface area contributed by atoms with Crippen molar-refractivity contribution in [2.75, 3.05) is 6.54 Å². The van der Waals surface area contributed by atoms with Crippen molar-refractivity contribution in [2.24, 2.45) is 0 Å². The Balaban J connectivity index is 1.41. The van der Waals surface area contributed by atoms with E-state index >= 15 is 0 Å². The van der Waals surface area contributed by atoms with Crippen LogP contribution in [0.4, 0.5) is 0 Å². The second-order valence-electron chi connectivity index (χ2n) is 5.93. The van der Waals surface area contributed by atoms with Gasteiger partial charge in [-0.15, -0.1) is 11.3 Å². The highest BCUT2D eigenvalue weighted by Gasteiger charge is 2.08. The van der Waals surface area contributed by atoms with Crippen LogP contribution in [0.25, 0.3) is 0 Å². The average molecular weight is 437 g/mol. The maximum atomic E-state index is 12.1. The number of amides is 1. The van der Waals surface area contributed by atoms with Gasteiger partial charge in [-0.3, -0.25) is 4.79 Å². The molecule has 0 bridgehead atoms. The number of nitrogens with zero attached hydrogens (tertiary/aromatic N) is 1. The van der Waals surface area contributed by atoms with Gasteiger partial charge in [-0.25, -0.2) is 4.98 Å². The van der Waals surface area contributed by atoms with Crippen molar-refractivity contribution in [1.29, 1.82) is 0 Å². The molecule has 27 heavy (non-hydrogen) atoms. The molecule has 0 atom stereocenters. The van der Waals surface area contributed by atoms with E-state index in [1.54, 1.807) is 23.1 Å². The lowest BCUT2D eigenvalue weighted by atomic mass is 10.1. The number of rotatable bonds is 8. The van der Waals surface area contributed by atoms with E-state index < -0.39 is 0 Å². The second kappa shape index (κ2) is 10.1. The number of carbonyl (C=O) groups excluding carboxylic acids is 1. The van der Waals surface area contributed by atoms with E-state index in [0.29, 0.717) is 13.0 Å². The molecule has 0 spiro atoms. The summed E-state index contributed by atoms with van der Waals surface area (Å²) in [6, 6.07) is 15.5. The van der Waals surface area contributed by atoms with Gasteiger partial charge in [0.2, 0.25) is 5.91 Å². The molecule has 0 aliphatic heterocycles. The first-order chi connectivity index (χ1) is 13.1. The van der Waals surface area contributed by atoms with Crippen molar-refractivity contribution in [3.05, 3.63) is 80.8 Å². The Morgan fingerprint density at radius 3 is 2.67 bits per heavy atom. The van der Waals surface area contributed by atoms with Crippen molar-refractivity contribution in [3.63, 3.8) is 0 Å². The molecule has 3 nitrogen and oxygen atoms in total. The van der Waals surface area contributed by atoms with Gasteiger partial charge in [0.1, 0.15) is 4.34 Å². The fraction of sp³-hybridized carbons (Fsp3) is 0.200. The fourth-order valence-electron chi connectivity index (χ4n) is 2.43. The molecule has 2 aromatic carbocycles. The Labute approximate surface area is 177 Å². The number of thiazole rings is 1. The van der Waals surface area contributed by atoms with Crippen molar-refractivity contribution < 1.29 is 4.79 Å². The van der Waals surface area contributed by atoms with E-state index in [0.717, 1.165) is 43.4 Å². The van der Waals surface area contributed by atoms with E-state index in [1.807, 2.05) is 53.9 Å². The molecule has 1 N–H and O–H groups in total. The van der Waals surface area contributed by atoms with Crippen molar-refractivity contribution in [2.45, 2.75) is 22.9 Å². The van der Waals surface area contributed by atoms with Gasteiger partial charge >= 0.3 is 0 Å². The molecular weight excluding hydrogens is 419 g/mol. The first-order valence-electron chi connectivity index (χ1n) is 8.41. The lowest BCUT2D eigenvalue weighted by Gasteiger charge is -2.04. The maximum absolute atomic E-state index is 12.1. The standard InChI is InChI=1S/C20H18Cl2N2OS2/c21-16-6-4-14(5-7-16)8-9-23-19(25)11-18-13-27-20(24-18)26-12-15-2-1-3-17(22)10-15/h1-7,10,13H,8-9,11-12H2,(H,23,25). The molecule has 3 aromatic rings.